The molecule has 1 aliphatic heterocycles. The van der Waals surface area contributed by atoms with Crippen LogP contribution in [0.5, 0.6) is 11.5 Å². The number of phenolic OH excluding ortho intramolecular Hbond substituents is 1. The number of esters is 2. The molecule has 0 amide bonds. The standard InChI is InChI=1S/C31H41N2O7P/c1-5-25-21(3)27-19-38-31(36)28(27)29(34)26(25)15-14-20(2)18-32-16-17-41(37,40-24-10-7-6-8-11-24)33-22(4)30(35)39-23-12-9-13-23/h6-8,10-11,14,22-23,32,34H,5,9,12-13,15-19H2,1-4H3,(H,33,37)/t22-,41?/m0/s1. The number of ether oxygens (including phenoxy) is 2. The van der Waals surface area contributed by atoms with E-state index in [0.717, 1.165) is 53.5 Å². The number of cyclic esters (lactones) is 1. The van der Waals surface area contributed by atoms with Crippen molar-refractivity contribution < 1.29 is 33.3 Å². The van der Waals surface area contributed by atoms with E-state index < -0.39 is 25.5 Å². The molecule has 41 heavy (non-hydrogen) atoms. The van der Waals surface area contributed by atoms with Gasteiger partial charge in [0.25, 0.3) is 0 Å². The van der Waals surface area contributed by atoms with E-state index in [2.05, 4.69) is 10.4 Å². The molecule has 1 aliphatic carbocycles. The molecule has 0 bridgehead atoms. The van der Waals surface area contributed by atoms with Gasteiger partial charge >= 0.3 is 19.5 Å². The zero-order valence-corrected chi connectivity index (χ0v) is 25.2. The quantitative estimate of drug-likeness (QED) is 0.117. The first kappa shape index (κ1) is 30.8. The summed E-state index contributed by atoms with van der Waals surface area (Å²) in [7, 11) is -3.45. The first-order valence-corrected chi connectivity index (χ1v) is 16.1. The zero-order valence-electron chi connectivity index (χ0n) is 24.3. The number of carbonyl (C=O) groups excluding carboxylic acids is 2. The van der Waals surface area contributed by atoms with Crippen LogP contribution in [0.4, 0.5) is 0 Å². The largest absolute Gasteiger partial charge is 0.507 e. The Bertz CT molecular complexity index is 1340. The van der Waals surface area contributed by atoms with Gasteiger partial charge in [0, 0.05) is 24.2 Å². The maximum Gasteiger partial charge on any atom is 0.342 e. The number of allylic oxidation sites excluding steroid dienone is 1. The summed E-state index contributed by atoms with van der Waals surface area (Å²) in [6.07, 6.45) is 6.11. The number of para-hydroxylation sites is 1. The molecule has 0 spiro atoms. The maximum atomic E-state index is 13.8. The molecule has 1 unspecified atom stereocenters. The number of phenols is 1. The van der Waals surface area contributed by atoms with Gasteiger partial charge in [0.2, 0.25) is 0 Å². The van der Waals surface area contributed by atoms with Gasteiger partial charge in [0.05, 0.1) is 6.16 Å². The predicted molar refractivity (Wildman–Crippen MR) is 158 cm³/mol. The minimum absolute atomic E-state index is 0.0111. The highest BCUT2D eigenvalue weighted by molar-refractivity contribution is 7.57. The summed E-state index contributed by atoms with van der Waals surface area (Å²) in [5.41, 5.74) is 4.86. The summed E-state index contributed by atoms with van der Waals surface area (Å²) in [4.78, 5) is 24.7. The summed E-state index contributed by atoms with van der Waals surface area (Å²) in [5, 5.41) is 17.1. The molecule has 9 nitrogen and oxygen atoms in total. The van der Waals surface area contributed by atoms with Crippen LogP contribution in [0.1, 0.15) is 72.6 Å². The minimum atomic E-state index is -3.45. The van der Waals surface area contributed by atoms with Gasteiger partial charge in [0.15, 0.2) is 0 Å². The van der Waals surface area contributed by atoms with Gasteiger partial charge in [-0.1, -0.05) is 36.8 Å². The van der Waals surface area contributed by atoms with E-state index in [1.165, 1.54) is 0 Å². The third kappa shape index (κ3) is 7.59. The van der Waals surface area contributed by atoms with E-state index in [0.29, 0.717) is 25.3 Å². The molecule has 4 rings (SSSR count). The molecule has 0 radical (unpaired) electrons. The van der Waals surface area contributed by atoms with Crippen molar-refractivity contribution in [3.05, 3.63) is 69.8 Å². The molecule has 10 heteroatoms. The lowest BCUT2D eigenvalue weighted by Gasteiger charge is -2.28. The second-order valence-electron chi connectivity index (χ2n) is 10.8. The van der Waals surface area contributed by atoms with Gasteiger partial charge in [-0.2, -0.15) is 0 Å². The number of carbonyl (C=O) groups is 2. The van der Waals surface area contributed by atoms with Crippen LogP contribution < -0.4 is 14.9 Å². The van der Waals surface area contributed by atoms with Crippen LogP contribution in [0.2, 0.25) is 0 Å². The highest BCUT2D eigenvalue weighted by Crippen LogP contribution is 2.43. The number of nitrogens with one attached hydrogen (secondary N) is 2. The first-order valence-electron chi connectivity index (χ1n) is 14.3. The van der Waals surface area contributed by atoms with E-state index in [1.807, 2.05) is 32.9 Å². The second-order valence-corrected chi connectivity index (χ2v) is 13.0. The molecule has 1 heterocycles. The smallest absolute Gasteiger partial charge is 0.342 e. The Morgan fingerprint density at radius 2 is 1.98 bits per heavy atom. The van der Waals surface area contributed by atoms with Crippen molar-refractivity contribution in [2.24, 2.45) is 0 Å². The highest BCUT2D eigenvalue weighted by atomic mass is 31.2. The summed E-state index contributed by atoms with van der Waals surface area (Å²) < 4.78 is 30.4. The monoisotopic (exact) mass is 584 g/mol. The molecule has 0 saturated heterocycles. The van der Waals surface area contributed by atoms with Crippen LogP contribution >= 0.6 is 7.52 Å². The number of hydrogen-bond donors (Lipinski definition) is 3. The lowest BCUT2D eigenvalue weighted by atomic mass is 9.89. The van der Waals surface area contributed by atoms with Gasteiger partial charge in [-0.15, -0.1) is 0 Å². The van der Waals surface area contributed by atoms with Gasteiger partial charge < -0.3 is 24.4 Å². The Kier molecular flexibility index (Phi) is 10.3. The molecule has 2 aliphatic rings. The second kappa shape index (κ2) is 13.7. The number of benzene rings is 2. The lowest BCUT2D eigenvalue weighted by molar-refractivity contribution is -0.154. The first-order chi connectivity index (χ1) is 19.6. The van der Waals surface area contributed by atoms with Crippen LogP contribution in [-0.2, 0) is 38.3 Å². The minimum Gasteiger partial charge on any atom is -0.507 e. The Hall–Kier alpha value is -3.13. The van der Waals surface area contributed by atoms with Crippen molar-refractivity contribution in [1.82, 2.24) is 10.4 Å². The normalized spacial score (nSPS) is 17.3. The Balaban J connectivity index is 1.36. The third-order valence-electron chi connectivity index (χ3n) is 7.72. The summed E-state index contributed by atoms with van der Waals surface area (Å²) >= 11 is 0. The van der Waals surface area contributed by atoms with E-state index in [9.17, 15) is 19.3 Å². The molecular weight excluding hydrogens is 543 g/mol. The van der Waals surface area contributed by atoms with E-state index >= 15 is 0 Å². The summed E-state index contributed by atoms with van der Waals surface area (Å²) in [5.74, 6) is -0.438. The van der Waals surface area contributed by atoms with Crippen molar-refractivity contribution in [1.29, 1.82) is 0 Å². The van der Waals surface area contributed by atoms with Crippen LogP contribution in [0.15, 0.2) is 42.0 Å². The summed E-state index contributed by atoms with van der Waals surface area (Å²) in [6.45, 7) is 8.72. The Morgan fingerprint density at radius 1 is 1.24 bits per heavy atom. The molecule has 2 aromatic rings. The van der Waals surface area contributed by atoms with Crippen molar-refractivity contribution in [2.75, 3.05) is 19.3 Å². The van der Waals surface area contributed by atoms with E-state index in [4.69, 9.17) is 14.0 Å². The fraction of sp³-hybridized carbons (Fsp3) is 0.484. The molecule has 3 N–H and O–H groups in total. The topological polar surface area (TPSA) is 123 Å². The van der Waals surface area contributed by atoms with Crippen LogP contribution in [0.25, 0.3) is 0 Å². The van der Waals surface area contributed by atoms with Crippen molar-refractivity contribution in [2.45, 2.75) is 78.6 Å². The van der Waals surface area contributed by atoms with Gasteiger partial charge in [-0.25, -0.2) is 9.88 Å². The third-order valence-corrected chi connectivity index (χ3v) is 9.81. The average Bonchev–Trinajstić information content (AvgIpc) is 3.32. The van der Waals surface area contributed by atoms with Crippen molar-refractivity contribution in [3.63, 3.8) is 0 Å². The Labute approximate surface area is 242 Å². The van der Waals surface area contributed by atoms with Gasteiger partial charge in [-0.05, 0) is 76.1 Å². The molecule has 2 atom stereocenters. The van der Waals surface area contributed by atoms with E-state index in [1.54, 1.807) is 31.2 Å². The van der Waals surface area contributed by atoms with Crippen molar-refractivity contribution >= 4 is 19.5 Å². The number of hydrogen-bond acceptors (Lipinski definition) is 8. The van der Waals surface area contributed by atoms with Crippen LogP contribution in [0.3, 0.4) is 0 Å². The number of aromatic hydroxyl groups is 1. The fourth-order valence-corrected chi connectivity index (χ4v) is 6.98. The summed E-state index contributed by atoms with van der Waals surface area (Å²) in [6, 6.07) is 8.12. The average molecular weight is 585 g/mol. The lowest BCUT2D eigenvalue weighted by Crippen LogP contribution is -2.39. The number of fused-ring (bicyclic) bond motifs is 1. The molecule has 2 aromatic carbocycles. The van der Waals surface area contributed by atoms with Crippen molar-refractivity contribution in [3.8, 4) is 11.5 Å². The predicted octanol–water partition coefficient (Wildman–Crippen LogP) is 5.36. The molecule has 1 saturated carbocycles. The van der Waals surface area contributed by atoms with Gasteiger partial charge in [-0.3, -0.25) is 9.36 Å². The highest BCUT2D eigenvalue weighted by Gasteiger charge is 2.33. The van der Waals surface area contributed by atoms with E-state index in [-0.39, 0.29) is 30.2 Å². The maximum absolute atomic E-state index is 13.8. The van der Waals surface area contributed by atoms with Gasteiger partial charge in [0.1, 0.15) is 35.8 Å². The number of rotatable bonds is 14. The molecule has 222 valence electrons. The molecule has 0 aromatic heterocycles. The van der Waals surface area contributed by atoms with Crippen LogP contribution in [-0.4, -0.2) is 48.4 Å². The zero-order chi connectivity index (χ0) is 29.6. The molecule has 1 fully saturated rings. The Morgan fingerprint density at radius 3 is 2.63 bits per heavy atom. The fourth-order valence-electron chi connectivity index (χ4n) is 5.09. The molecular formula is C31H41N2O7P. The van der Waals surface area contributed by atoms with Crippen LogP contribution in [0, 0.1) is 6.92 Å². The SMILES string of the molecule is CCc1c(C)c2c(c(O)c1CC=C(C)CNCCP(=O)(N[C@@H](C)C(=O)OC1CCC1)Oc1ccccc1)C(=O)OC2.